The van der Waals surface area contributed by atoms with Crippen LogP contribution < -0.4 is 15.4 Å². The summed E-state index contributed by atoms with van der Waals surface area (Å²) < 4.78 is 39.6. The van der Waals surface area contributed by atoms with Gasteiger partial charge >= 0.3 is 5.97 Å². The molecule has 1 saturated carbocycles. The van der Waals surface area contributed by atoms with E-state index in [9.17, 15) is 18.8 Å². The minimum Gasteiger partial charge on any atom is -0.457 e. The lowest BCUT2D eigenvalue weighted by atomic mass is 10.0. The second kappa shape index (κ2) is 11.8. The van der Waals surface area contributed by atoms with Gasteiger partial charge in [-0.3, -0.25) is 9.59 Å². The second-order valence-electron chi connectivity index (χ2n) is 10.2. The molecule has 1 aliphatic rings. The van der Waals surface area contributed by atoms with E-state index in [0.717, 1.165) is 23.0 Å². The summed E-state index contributed by atoms with van der Waals surface area (Å²) in [6, 6.07) is 18.3. The van der Waals surface area contributed by atoms with Crippen LogP contribution in [-0.2, 0) is 20.9 Å². The smallest absolute Gasteiger partial charge is 0.349 e. The van der Waals surface area contributed by atoms with Gasteiger partial charge in [0.05, 0.1) is 5.39 Å². The van der Waals surface area contributed by atoms with Gasteiger partial charge < -0.3 is 20.1 Å². The third kappa shape index (κ3) is 5.84. The Morgan fingerprint density at radius 1 is 0.909 bits per heavy atom. The predicted octanol–water partition coefficient (Wildman–Crippen LogP) is 6.78. The Balaban J connectivity index is 1.14. The van der Waals surface area contributed by atoms with Crippen molar-refractivity contribution in [2.75, 3.05) is 10.6 Å². The Bertz CT molecular complexity index is 1890. The molecule has 0 unspecified atom stereocenters. The number of hydrogen-bond acceptors (Lipinski definition) is 8. The lowest BCUT2D eigenvalue weighted by Crippen LogP contribution is -2.35. The van der Waals surface area contributed by atoms with Crippen LogP contribution in [-0.4, -0.2) is 27.8 Å². The molecule has 5 aromatic rings. The van der Waals surface area contributed by atoms with Crippen molar-refractivity contribution in [2.24, 2.45) is 5.41 Å². The second-order valence-corrected chi connectivity index (χ2v) is 11.2. The molecular formula is C32H24F2N4O5S. The maximum Gasteiger partial charge on any atom is 0.349 e. The van der Waals surface area contributed by atoms with Gasteiger partial charge in [0.25, 0.3) is 0 Å². The summed E-state index contributed by atoms with van der Waals surface area (Å²) in [6.45, 7) is 1.82. The average molecular weight is 615 g/mol. The Morgan fingerprint density at radius 2 is 1.59 bits per heavy atom. The summed E-state index contributed by atoms with van der Waals surface area (Å²) in [5.41, 5.74) is 0.571. The number of carbonyl (C=O) groups excluding carboxylic acids is 3. The van der Waals surface area contributed by atoms with Crippen LogP contribution in [0.1, 0.15) is 33.6 Å². The van der Waals surface area contributed by atoms with Crippen LogP contribution in [0.25, 0.3) is 10.2 Å². The highest BCUT2D eigenvalue weighted by atomic mass is 32.1. The maximum atomic E-state index is 15.2. The summed E-state index contributed by atoms with van der Waals surface area (Å²) in [5.74, 6) is -2.98. The summed E-state index contributed by atoms with van der Waals surface area (Å²) in [4.78, 5) is 47.9. The third-order valence-electron chi connectivity index (χ3n) is 7.21. The minimum atomic E-state index is -1.30. The fraction of sp³-hybridized carbons (Fsp3) is 0.156. The van der Waals surface area contributed by atoms with E-state index in [0.29, 0.717) is 39.2 Å². The van der Waals surface area contributed by atoms with E-state index in [1.807, 2.05) is 30.3 Å². The number of benzene rings is 3. The zero-order valence-corrected chi connectivity index (χ0v) is 24.0. The Kier molecular flexibility index (Phi) is 7.75. The number of ether oxygens (including phenoxy) is 2. The molecule has 6 rings (SSSR count). The highest BCUT2D eigenvalue weighted by molar-refractivity contribution is 7.20. The van der Waals surface area contributed by atoms with Gasteiger partial charge in [0.1, 0.15) is 33.9 Å². The molecular weight excluding hydrogens is 590 g/mol. The molecule has 1 aliphatic carbocycles. The van der Waals surface area contributed by atoms with E-state index in [1.165, 1.54) is 42.7 Å². The number of amides is 2. The van der Waals surface area contributed by atoms with Crippen molar-refractivity contribution >= 4 is 50.7 Å². The quantitative estimate of drug-likeness (QED) is 0.139. The van der Waals surface area contributed by atoms with E-state index in [4.69, 9.17) is 9.47 Å². The van der Waals surface area contributed by atoms with Gasteiger partial charge in [-0.2, -0.15) is 0 Å². The number of nitrogens with one attached hydrogen (secondary N) is 2. The number of fused-ring (bicyclic) bond motifs is 1. The Hall–Kier alpha value is -5.23. The van der Waals surface area contributed by atoms with Gasteiger partial charge in [0.15, 0.2) is 11.6 Å². The Morgan fingerprint density at radius 3 is 2.27 bits per heavy atom. The van der Waals surface area contributed by atoms with Crippen LogP contribution in [0.4, 0.5) is 20.2 Å². The summed E-state index contributed by atoms with van der Waals surface area (Å²) in [7, 11) is 0. The predicted molar refractivity (Wildman–Crippen MR) is 160 cm³/mol. The van der Waals surface area contributed by atoms with Crippen molar-refractivity contribution in [2.45, 2.75) is 26.4 Å². The van der Waals surface area contributed by atoms with Crippen molar-refractivity contribution < 1.29 is 32.6 Å². The fourth-order valence-corrected chi connectivity index (χ4v) is 5.62. The zero-order chi connectivity index (χ0) is 30.8. The molecule has 0 bridgehead atoms. The first kappa shape index (κ1) is 28.9. The Labute approximate surface area is 253 Å². The number of nitrogens with zero attached hydrogens (tertiary/aromatic N) is 2. The monoisotopic (exact) mass is 614 g/mol. The van der Waals surface area contributed by atoms with Crippen molar-refractivity contribution in [1.82, 2.24) is 9.97 Å². The molecule has 2 aromatic heterocycles. The van der Waals surface area contributed by atoms with Gasteiger partial charge in [-0.1, -0.05) is 30.3 Å². The van der Waals surface area contributed by atoms with Crippen molar-refractivity contribution in [3.63, 3.8) is 0 Å². The van der Waals surface area contributed by atoms with Gasteiger partial charge in [-0.05, 0) is 67.3 Å². The van der Waals surface area contributed by atoms with E-state index < -0.39 is 34.8 Å². The van der Waals surface area contributed by atoms with Crippen molar-refractivity contribution in [3.8, 4) is 11.6 Å². The lowest BCUT2D eigenvalue weighted by Gasteiger charge is -2.16. The van der Waals surface area contributed by atoms with Crippen molar-refractivity contribution in [1.29, 1.82) is 0 Å². The number of aromatic nitrogens is 2. The number of hydrogen-bond donors (Lipinski definition) is 2. The van der Waals surface area contributed by atoms with E-state index in [1.54, 1.807) is 6.92 Å². The molecule has 0 aliphatic heterocycles. The molecule has 44 heavy (non-hydrogen) atoms. The largest absolute Gasteiger partial charge is 0.457 e. The summed E-state index contributed by atoms with van der Waals surface area (Å²) in [5, 5.41) is 5.68. The summed E-state index contributed by atoms with van der Waals surface area (Å²) in [6.07, 6.45) is 1.90. The number of anilines is 2. The zero-order valence-electron chi connectivity index (χ0n) is 23.2. The SMILES string of the molecule is Cc1c(C(=O)OCc2ccccc2)sc2ncnc(Oc3ccc(NC(=O)C4(C(=O)Nc5ccc(F)cc5)CC4)cc3F)c12. The number of carbonyl (C=O) groups is 3. The van der Waals surface area contributed by atoms with Gasteiger partial charge in [0, 0.05) is 17.4 Å². The average Bonchev–Trinajstić information content (AvgIpc) is 3.77. The molecule has 0 radical (unpaired) electrons. The van der Waals surface area contributed by atoms with Crippen LogP contribution in [0.2, 0.25) is 0 Å². The van der Waals surface area contributed by atoms with Gasteiger partial charge in [-0.25, -0.2) is 23.5 Å². The molecule has 2 heterocycles. The van der Waals surface area contributed by atoms with Gasteiger partial charge in [0.2, 0.25) is 17.7 Å². The van der Waals surface area contributed by atoms with E-state index >= 15 is 4.39 Å². The number of aryl methyl sites for hydroxylation is 1. The fourth-order valence-electron chi connectivity index (χ4n) is 4.58. The van der Waals surface area contributed by atoms with Crippen LogP contribution in [0.15, 0.2) is 79.1 Å². The number of rotatable bonds is 9. The molecule has 2 N–H and O–H groups in total. The molecule has 0 atom stereocenters. The molecule has 2 amide bonds. The van der Waals surface area contributed by atoms with Crippen molar-refractivity contribution in [3.05, 3.63) is 107 Å². The van der Waals surface area contributed by atoms with Crippen LogP contribution in [0.5, 0.6) is 11.6 Å². The topological polar surface area (TPSA) is 120 Å². The van der Waals surface area contributed by atoms with Gasteiger partial charge in [-0.15, -0.1) is 11.3 Å². The number of esters is 1. The van der Waals surface area contributed by atoms with E-state index in [2.05, 4.69) is 20.6 Å². The van der Waals surface area contributed by atoms with Crippen LogP contribution in [0.3, 0.4) is 0 Å². The molecule has 1 fully saturated rings. The van der Waals surface area contributed by atoms with Crippen LogP contribution in [0, 0.1) is 24.0 Å². The molecule has 12 heteroatoms. The highest BCUT2D eigenvalue weighted by Crippen LogP contribution is 2.47. The molecule has 222 valence electrons. The van der Waals surface area contributed by atoms with E-state index in [-0.39, 0.29) is 23.9 Å². The first-order valence-electron chi connectivity index (χ1n) is 13.5. The number of halogens is 2. The summed E-state index contributed by atoms with van der Waals surface area (Å²) >= 11 is 1.12. The molecule has 0 spiro atoms. The highest BCUT2D eigenvalue weighted by Gasteiger charge is 2.56. The standard InChI is InChI=1S/C32H24F2N4O5S/c1-18-25-27(35-17-36-28(25)44-26(18)29(39)42-16-19-5-3-2-4-6-19)43-24-12-11-22(15-23(24)34)38-31(41)32(13-14-32)30(40)37-21-9-7-20(33)8-10-21/h2-12,15,17H,13-14,16H2,1H3,(H,37,40)(H,38,41). The lowest BCUT2D eigenvalue weighted by molar-refractivity contribution is -0.131. The molecule has 9 nitrogen and oxygen atoms in total. The first-order chi connectivity index (χ1) is 21.2. The molecule has 0 saturated heterocycles. The number of thiophene rings is 1. The first-order valence-corrected chi connectivity index (χ1v) is 14.4. The van der Waals surface area contributed by atoms with Crippen LogP contribution >= 0.6 is 11.3 Å². The normalized spacial score (nSPS) is 13.2. The third-order valence-corrected chi connectivity index (χ3v) is 8.39. The molecule has 3 aromatic carbocycles. The minimum absolute atomic E-state index is 0.0518. The maximum absolute atomic E-state index is 15.2.